The van der Waals surface area contributed by atoms with Gasteiger partial charge in [-0.15, -0.1) is 0 Å². The van der Waals surface area contributed by atoms with Gasteiger partial charge in [-0.05, 0) is 12.3 Å². The van der Waals surface area contributed by atoms with Gasteiger partial charge in [0, 0.05) is 13.1 Å². The lowest BCUT2D eigenvalue weighted by Crippen LogP contribution is -2.33. The quantitative estimate of drug-likeness (QED) is 0.711. The molecule has 0 aromatic heterocycles. The summed E-state index contributed by atoms with van der Waals surface area (Å²) in [7, 11) is -3.07. The third-order valence-corrected chi connectivity index (χ3v) is 4.36. The molecule has 0 aliphatic carbocycles. The van der Waals surface area contributed by atoms with Crippen LogP contribution in [0.1, 0.15) is 20.3 Å². The van der Waals surface area contributed by atoms with Crippen molar-refractivity contribution >= 4 is 10.0 Å². The van der Waals surface area contributed by atoms with Crippen LogP contribution in [0.25, 0.3) is 0 Å². The molecule has 1 rings (SSSR count). The van der Waals surface area contributed by atoms with Gasteiger partial charge in [0.15, 0.2) is 0 Å². The van der Waals surface area contributed by atoms with Crippen molar-refractivity contribution < 1.29 is 13.5 Å². The summed E-state index contributed by atoms with van der Waals surface area (Å²) in [6, 6.07) is 0. The van der Waals surface area contributed by atoms with Crippen molar-refractivity contribution in [1.29, 1.82) is 0 Å². The third kappa shape index (κ3) is 2.65. The molecule has 1 heterocycles. The van der Waals surface area contributed by atoms with Gasteiger partial charge in [-0.2, -0.15) is 4.31 Å². The molecule has 0 saturated carbocycles. The number of hydrogen-bond donors (Lipinski definition) is 1. The zero-order valence-corrected chi connectivity index (χ0v) is 8.92. The first-order valence-electron chi connectivity index (χ1n) is 4.61. The van der Waals surface area contributed by atoms with Crippen LogP contribution in [0.15, 0.2) is 0 Å². The SMILES string of the molecule is CCC(O)CN1CC(C)CS1(=O)=O. The van der Waals surface area contributed by atoms with Crippen molar-refractivity contribution in [2.24, 2.45) is 5.92 Å². The van der Waals surface area contributed by atoms with E-state index in [9.17, 15) is 13.5 Å². The van der Waals surface area contributed by atoms with Crippen molar-refractivity contribution in [3.63, 3.8) is 0 Å². The van der Waals surface area contributed by atoms with Crippen LogP contribution < -0.4 is 0 Å². The van der Waals surface area contributed by atoms with Crippen LogP contribution in [0.5, 0.6) is 0 Å². The molecule has 1 saturated heterocycles. The molecule has 5 heteroatoms. The number of β-amino-alcohol motifs (C(OH)–C–C–N with tert-alkyl or cyclic N) is 1. The molecule has 0 aromatic carbocycles. The summed E-state index contributed by atoms with van der Waals surface area (Å²) >= 11 is 0. The maximum absolute atomic E-state index is 11.4. The van der Waals surface area contributed by atoms with Crippen LogP contribution in [-0.4, -0.2) is 42.8 Å². The van der Waals surface area contributed by atoms with Crippen LogP contribution in [0, 0.1) is 5.92 Å². The summed E-state index contributed by atoms with van der Waals surface area (Å²) < 4.78 is 24.3. The Bertz CT molecular complexity index is 263. The van der Waals surface area contributed by atoms with Gasteiger partial charge < -0.3 is 5.11 Å². The van der Waals surface area contributed by atoms with Crippen LogP contribution in [0.3, 0.4) is 0 Å². The monoisotopic (exact) mass is 207 g/mol. The Morgan fingerprint density at radius 1 is 1.62 bits per heavy atom. The maximum atomic E-state index is 11.4. The van der Waals surface area contributed by atoms with E-state index in [4.69, 9.17) is 0 Å². The van der Waals surface area contributed by atoms with E-state index in [1.54, 1.807) is 0 Å². The van der Waals surface area contributed by atoms with E-state index in [1.807, 2.05) is 13.8 Å². The van der Waals surface area contributed by atoms with E-state index in [1.165, 1.54) is 4.31 Å². The predicted molar refractivity (Wildman–Crippen MR) is 50.8 cm³/mol. The van der Waals surface area contributed by atoms with E-state index in [0.717, 1.165) is 0 Å². The molecule has 1 N–H and O–H groups in total. The summed E-state index contributed by atoms with van der Waals surface area (Å²) in [5.41, 5.74) is 0. The Hall–Kier alpha value is -0.130. The summed E-state index contributed by atoms with van der Waals surface area (Å²) in [4.78, 5) is 0. The van der Waals surface area contributed by atoms with Gasteiger partial charge in [-0.25, -0.2) is 8.42 Å². The van der Waals surface area contributed by atoms with Gasteiger partial charge in [-0.3, -0.25) is 0 Å². The second kappa shape index (κ2) is 3.94. The Morgan fingerprint density at radius 2 is 2.23 bits per heavy atom. The number of hydrogen-bond acceptors (Lipinski definition) is 3. The minimum absolute atomic E-state index is 0.189. The maximum Gasteiger partial charge on any atom is 0.214 e. The molecule has 13 heavy (non-hydrogen) atoms. The normalized spacial score (nSPS) is 30.5. The summed E-state index contributed by atoms with van der Waals surface area (Å²) in [5.74, 6) is 0.415. The van der Waals surface area contributed by atoms with Gasteiger partial charge in [-0.1, -0.05) is 13.8 Å². The Morgan fingerprint density at radius 3 is 2.62 bits per heavy atom. The number of rotatable bonds is 3. The molecule has 1 fully saturated rings. The Kier molecular flexibility index (Phi) is 3.32. The minimum atomic E-state index is -3.07. The number of sulfonamides is 1. The topological polar surface area (TPSA) is 57.6 Å². The van der Waals surface area contributed by atoms with E-state index in [-0.39, 0.29) is 18.2 Å². The first kappa shape index (κ1) is 10.9. The second-order valence-corrected chi connectivity index (χ2v) is 5.78. The lowest BCUT2D eigenvalue weighted by Gasteiger charge is -2.17. The summed E-state index contributed by atoms with van der Waals surface area (Å²) in [6.07, 6.45) is 0.0699. The first-order chi connectivity index (χ1) is 5.95. The standard InChI is InChI=1S/C8H17NO3S/c1-3-8(10)5-9-4-7(2)6-13(9,11)12/h7-8,10H,3-6H2,1-2H3. The molecule has 2 atom stereocenters. The molecule has 4 nitrogen and oxygen atoms in total. The fourth-order valence-electron chi connectivity index (χ4n) is 1.53. The third-order valence-electron chi connectivity index (χ3n) is 2.29. The number of nitrogens with zero attached hydrogens (tertiary/aromatic N) is 1. The van der Waals surface area contributed by atoms with E-state index in [2.05, 4.69) is 0 Å². The summed E-state index contributed by atoms with van der Waals surface area (Å²) in [6.45, 7) is 4.56. The first-order valence-corrected chi connectivity index (χ1v) is 6.22. The lowest BCUT2D eigenvalue weighted by atomic mass is 10.2. The molecular weight excluding hydrogens is 190 g/mol. The molecule has 0 spiro atoms. The summed E-state index contributed by atoms with van der Waals surface area (Å²) in [5, 5.41) is 9.33. The molecular formula is C8H17NO3S. The zero-order valence-electron chi connectivity index (χ0n) is 8.10. The molecule has 78 valence electrons. The molecule has 1 aliphatic rings. The molecule has 0 amide bonds. The van der Waals surface area contributed by atoms with Crippen molar-refractivity contribution in [1.82, 2.24) is 4.31 Å². The van der Waals surface area contributed by atoms with E-state index in [0.29, 0.717) is 13.0 Å². The second-order valence-electron chi connectivity index (χ2n) is 3.76. The smallest absolute Gasteiger partial charge is 0.214 e. The van der Waals surface area contributed by atoms with Gasteiger partial charge in [0.05, 0.1) is 11.9 Å². The molecule has 0 radical (unpaired) electrons. The average molecular weight is 207 g/mol. The zero-order chi connectivity index (χ0) is 10.1. The van der Waals surface area contributed by atoms with Crippen molar-refractivity contribution in [3.8, 4) is 0 Å². The highest BCUT2D eigenvalue weighted by Crippen LogP contribution is 2.19. The predicted octanol–water partition coefficient (Wildman–Crippen LogP) is 0.0388. The molecule has 2 unspecified atom stereocenters. The van der Waals surface area contributed by atoms with Crippen LogP contribution in [-0.2, 0) is 10.0 Å². The molecule has 0 bridgehead atoms. The molecule has 1 aliphatic heterocycles. The van der Waals surface area contributed by atoms with Crippen LogP contribution in [0.2, 0.25) is 0 Å². The van der Waals surface area contributed by atoms with Crippen LogP contribution in [0.4, 0.5) is 0 Å². The highest BCUT2D eigenvalue weighted by atomic mass is 32.2. The van der Waals surface area contributed by atoms with Crippen molar-refractivity contribution in [3.05, 3.63) is 0 Å². The highest BCUT2D eigenvalue weighted by Gasteiger charge is 2.34. The Labute approximate surface area is 79.6 Å². The highest BCUT2D eigenvalue weighted by molar-refractivity contribution is 7.89. The largest absolute Gasteiger partial charge is 0.392 e. The van der Waals surface area contributed by atoms with E-state index >= 15 is 0 Å². The fourth-order valence-corrected chi connectivity index (χ4v) is 3.45. The lowest BCUT2D eigenvalue weighted by molar-refractivity contribution is 0.142. The van der Waals surface area contributed by atoms with Crippen molar-refractivity contribution in [2.45, 2.75) is 26.4 Å². The molecule has 0 aromatic rings. The van der Waals surface area contributed by atoms with Gasteiger partial charge >= 0.3 is 0 Å². The van der Waals surface area contributed by atoms with Gasteiger partial charge in [0.1, 0.15) is 0 Å². The van der Waals surface area contributed by atoms with Crippen LogP contribution >= 0.6 is 0 Å². The average Bonchev–Trinajstić information content (AvgIpc) is 2.24. The fraction of sp³-hybridized carbons (Fsp3) is 1.00. The Balaban J connectivity index is 2.60. The van der Waals surface area contributed by atoms with Crippen molar-refractivity contribution in [2.75, 3.05) is 18.8 Å². The van der Waals surface area contributed by atoms with Gasteiger partial charge in [0.2, 0.25) is 10.0 Å². The number of aliphatic hydroxyl groups excluding tert-OH is 1. The minimum Gasteiger partial charge on any atom is -0.392 e. The van der Waals surface area contributed by atoms with Gasteiger partial charge in [0.25, 0.3) is 0 Å². The number of aliphatic hydroxyl groups is 1. The van der Waals surface area contributed by atoms with E-state index < -0.39 is 16.1 Å².